The van der Waals surface area contributed by atoms with E-state index < -0.39 is 0 Å². The number of azo groups is 2. The average Bonchev–Trinajstić information content (AvgIpc) is 2.46. The van der Waals surface area contributed by atoms with E-state index in [1.54, 1.807) is 0 Å². The van der Waals surface area contributed by atoms with Crippen LogP contribution in [0.5, 0.6) is 0 Å². The van der Waals surface area contributed by atoms with Crippen molar-refractivity contribution in [1.82, 2.24) is 0 Å². The zero-order valence-electron chi connectivity index (χ0n) is 12.4. The molecule has 0 bridgehead atoms. The Kier molecular flexibility index (Phi) is 3.85. The molecule has 2 rings (SSSR count). The number of carbonyl (C=O) groups is 1. The molecule has 0 radical (unpaired) electrons. The third kappa shape index (κ3) is 2.22. The van der Waals surface area contributed by atoms with Gasteiger partial charge >= 0.3 is 5.91 Å². The molecule has 1 aliphatic heterocycles. The second-order valence-electron chi connectivity index (χ2n) is 6.31. The molecule has 0 saturated heterocycles. The van der Waals surface area contributed by atoms with E-state index in [0.29, 0.717) is 16.5 Å². The lowest BCUT2D eigenvalue weighted by Crippen LogP contribution is -2.64. The van der Waals surface area contributed by atoms with Crippen LogP contribution < -0.4 is 0 Å². The van der Waals surface area contributed by atoms with Gasteiger partial charge in [0.05, 0.1) is 0 Å². The van der Waals surface area contributed by atoms with Crippen LogP contribution in [0.15, 0.2) is 0 Å². The van der Waals surface area contributed by atoms with Crippen LogP contribution in [-0.4, -0.2) is 54.2 Å². The van der Waals surface area contributed by atoms with E-state index in [0.717, 1.165) is 12.8 Å². The molecule has 1 fully saturated rings. The summed E-state index contributed by atoms with van der Waals surface area (Å²) < 4.78 is 2.66. The molecule has 0 aromatic heterocycles. The first-order valence-corrected chi connectivity index (χ1v) is 7.31. The predicted octanol–water partition coefficient (Wildman–Crippen LogP) is 1.98. The van der Waals surface area contributed by atoms with Crippen molar-refractivity contribution in [3.05, 3.63) is 0 Å². The van der Waals surface area contributed by atoms with Crippen molar-refractivity contribution >= 4 is 5.91 Å². The Morgan fingerprint density at radius 2 is 1.56 bits per heavy atom. The molecule has 0 aromatic rings. The molecule has 2 aliphatic rings. The van der Waals surface area contributed by atoms with Crippen molar-refractivity contribution in [2.24, 2.45) is 5.92 Å². The molecule has 1 aliphatic carbocycles. The Bertz CT molecular complexity index is 373. The number of nitrogens with zero attached hydrogens (tertiary/aromatic N) is 3. The molecule has 1 saturated carbocycles. The lowest BCUT2D eigenvalue weighted by atomic mass is 9.89. The van der Waals surface area contributed by atoms with E-state index in [1.807, 2.05) is 21.1 Å². The molecular formula is C14H28N3O+3. The summed E-state index contributed by atoms with van der Waals surface area (Å²) in [6.45, 7) is 0. The number of hydrogen-bond acceptors (Lipinski definition) is 1. The maximum absolute atomic E-state index is 12.7. The highest BCUT2D eigenvalue weighted by molar-refractivity contribution is 5.71. The number of amides is 1. The fourth-order valence-corrected chi connectivity index (χ4v) is 3.49. The highest BCUT2D eigenvalue weighted by Gasteiger charge is 2.57. The quantitative estimate of drug-likeness (QED) is 0.479. The highest BCUT2D eigenvalue weighted by atomic mass is 16.2. The predicted molar refractivity (Wildman–Crippen MR) is 69.1 cm³/mol. The minimum atomic E-state index is 0.222. The summed E-state index contributed by atoms with van der Waals surface area (Å²) in [6.07, 6.45) is 8.67. The van der Waals surface area contributed by atoms with Gasteiger partial charge in [0.1, 0.15) is 20.0 Å². The Balaban J connectivity index is 2.35. The Morgan fingerprint density at radius 1 is 1.00 bits per heavy atom. The molecule has 4 heteroatoms. The van der Waals surface area contributed by atoms with Crippen molar-refractivity contribution in [3.8, 4) is 0 Å². The van der Waals surface area contributed by atoms with Crippen LogP contribution in [0.4, 0.5) is 0 Å². The maximum Gasteiger partial charge on any atom is 0.383 e. The van der Waals surface area contributed by atoms with E-state index in [1.165, 1.54) is 32.1 Å². The van der Waals surface area contributed by atoms with Crippen LogP contribution in [0.1, 0.15) is 44.9 Å². The fourth-order valence-electron chi connectivity index (χ4n) is 3.49. The molecular weight excluding hydrogens is 226 g/mol. The van der Waals surface area contributed by atoms with Gasteiger partial charge < -0.3 is 0 Å². The summed E-state index contributed by atoms with van der Waals surface area (Å²) in [5.41, 5.74) is 0. The van der Waals surface area contributed by atoms with Gasteiger partial charge in [-0.1, -0.05) is 25.7 Å². The zero-order valence-corrected chi connectivity index (χ0v) is 12.4. The minimum absolute atomic E-state index is 0.222. The van der Waals surface area contributed by atoms with Gasteiger partial charge in [-0.05, 0) is 12.8 Å². The van der Waals surface area contributed by atoms with Crippen molar-refractivity contribution in [3.63, 3.8) is 0 Å². The summed E-state index contributed by atoms with van der Waals surface area (Å²) >= 11 is 0. The lowest BCUT2D eigenvalue weighted by Gasteiger charge is -2.28. The Labute approximate surface area is 110 Å². The summed E-state index contributed by atoms with van der Waals surface area (Å²) in [5.74, 6) is 0.613. The molecule has 1 amide bonds. The molecule has 18 heavy (non-hydrogen) atoms. The molecule has 102 valence electrons. The maximum atomic E-state index is 12.7. The molecule has 4 nitrogen and oxygen atoms in total. The van der Waals surface area contributed by atoms with Crippen LogP contribution >= 0.6 is 0 Å². The molecule has 2 atom stereocenters. The molecule has 2 unspecified atom stereocenters. The van der Waals surface area contributed by atoms with E-state index in [2.05, 4.69) is 16.6 Å². The Morgan fingerprint density at radius 3 is 2.22 bits per heavy atom. The standard InChI is InChI=1S/C14H28N3O/c1-15-13-11-9-7-5-6-8-10-12(13)14(18)17(3,4)16(15)2/h12-13H,5-11H2,1-4H3/q+3. The molecule has 0 aromatic carbocycles. The van der Waals surface area contributed by atoms with Crippen LogP contribution in [-0.2, 0) is 4.79 Å². The molecule has 0 spiro atoms. The van der Waals surface area contributed by atoms with E-state index in [9.17, 15) is 4.79 Å². The van der Waals surface area contributed by atoms with Gasteiger partial charge in [-0.3, -0.25) is 0 Å². The largest absolute Gasteiger partial charge is 0.383 e. The second kappa shape index (κ2) is 5.08. The first-order chi connectivity index (χ1) is 8.46. The van der Waals surface area contributed by atoms with Gasteiger partial charge in [-0.2, -0.15) is 0 Å². The van der Waals surface area contributed by atoms with Crippen molar-refractivity contribution in [2.75, 3.05) is 28.2 Å². The zero-order chi connectivity index (χ0) is 13.3. The van der Waals surface area contributed by atoms with Gasteiger partial charge in [-0.15, -0.1) is 0 Å². The average molecular weight is 254 g/mol. The van der Waals surface area contributed by atoms with Gasteiger partial charge in [-0.25, -0.2) is 4.79 Å². The van der Waals surface area contributed by atoms with Crippen molar-refractivity contribution in [2.45, 2.75) is 51.0 Å². The van der Waals surface area contributed by atoms with Crippen LogP contribution in [0.2, 0.25) is 0 Å². The SMILES string of the molecule is C[N+]1=[N+](C)[N+](C)(C)C(=O)C2CCCCCCCC21. The minimum Gasteiger partial charge on any atom is -0.224 e. The first kappa shape index (κ1) is 13.7. The Hall–Kier alpha value is -0.770. The second-order valence-corrected chi connectivity index (χ2v) is 6.31. The normalized spacial score (nSPS) is 33.4. The molecule has 0 N–H and O–H groups in total. The van der Waals surface area contributed by atoms with Gasteiger partial charge in [0.25, 0.3) is 7.05 Å². The highest BCUT2D eigenvalue weighted by Crippen LogP contribution is 2.30. The van der Waals surface area contributed by atoms with Gasteiger partial charge in [0, 0.05) is 15.7 Å². The van der Waals surface area contributed by atoms with Crippen LogP contribution in [0.25, 0.3) is 0 Å². The summed E-state index contributed by atoms with van der Waals surface area (Å²) in [5, 5.41) is 0. The smallest absolute Gasteiger partial charge is 0.224 e. The monoisotopic (exact) mass is 254 g/mol. The number of hydrogen-bond donors (Lipinski definition) is 0. The van der Waals surface area contributed by atoms with Crippen molar-refractivity contribution < 1.29 is 18.9 Å². The van der Waals surface area contributed by atoms with Crippen LogP contribution in [0, 0.1) is 5.92 Å². The number of carbonyl (C=O) groups excluding carboxylic acids is 1. The van der Waals surface area contributed by atoms with E-state index in [4.69, 9.17) is 0 Å². The number of quaternary nitrogens is 1. The first-order valence-electron chi connectivity index (χ1n) is 7.31. The summed E-state index contributed by atoms with van der Waals surface area (Å²) in [6, 6.07) is 0.409. The summed E-state index contributed by atoms with van der Waals surface area (Å²) in [4.78, 5) is 14.8. The third-order valence-electron chi connectivity index (χ3n) is 5.00. The number of fused-ring (bicyclic) bond motifs is 1. The van der Waals surface area contributed by atoms with E-state index in [-0.39, 0.29) is 5.92 Å². The summed E-state index contributed by atoms with van der Waals surface area (Å²) in [7, 11) is 8.17. The van der Waals surface area contributed by atoms with Crippen molar-refractivity contribution in [1.29, 1.82) is 0 Å². The van der Waals surface area contributed by atoms with Gasteiger partial charge in [0.2, 0.25) is 13.1 Å². The molecule has 1 heterocycles. The number of rotatable bonds is 0. The lowest BCUT2D eigenvalue weighted by molar-refractivity contribution is -1.41. The fraction of sp³-hybridized carbons (Fsp3) is 0.929. The van der Waals surface area contributed by atoms with Crippen LogP contribution in [0.3, 0.4) is 0 Å². The van der Waals surface area contributed by atoms with Gasteiger partial charge in [0.15, 0.2) is 4.81 Å². The third-order valence-corrected chi connectivity index (χ3v) is 5.00. The van der Waals surface area contributed by atoms with E-state index >= 15 is 0 Å². The topological polar surface area (TPSA) is 23.1 Å².